The van der Waals surface area contributed by atoms with Gasteiger partial charge in [0.1, 0.15) is 12.1 Å². The van der Waals surface area contributed by atoms with E-state index in [4.69, 9.17) is 0 Å². The molecule has 150 valence electrons. The van der Waals surface area contributed by atoms with Gasteiger partial charge >= 0.3 is 6.03 Å². The van der Waals surface area contributed by atoms with Crippen molar-refractivity contribution in [3.05, 3.63) is 0 Å². The first kappa shape index (κ1) is 18.8. The maximum Gasteiger partial charge on any atom is 0.325 e. The number of amides is 4. The third-order valence-corrected chi connectivity index (χ3v) is 7.58. The van der Waals surface area contributed by atoms with Gasteiger partial charge in [0.2, 0.25) is 5.91 Å². The number of urea groups is 1. The molecule has 1 aliphatic heterocycles. The fourth-order valence-corrected chi connectivity index (χ4v) is 6.12. The van der Waals surface area contributed by atoms with Crippen LogP contribution in [0, 0.1) is 17.8 Å². The maximum atomic E-state index is 13.0. The van der Waals surface area contributed by atoms with Crippen LogP contribution in [0.5, 0.6) is 0 Å². The number of rotatable bonds is 4. The van der Waals surface area contributed by atoms with Crippen molar-refractivity contribution < 1.29 is 14.4 Å². The second-order valence-corrected chi connectivity index (χ2v) is 9.37. The Morgan fingerprint density at radius 2 is 1.85 bits per heavy atom. The lowest BCUT2D eigenvalue weighted by molar-refractivity contribution is -0.135. The van der Waals surface area contributed by atoms with Crippen molar-refractivity contribution in [3.8, 4) is 0 Å². The molecule has 0 aromatic heterocycles. The largest absolute Gasteiger partial charge is 0.352 e. The van der Waals surface area contributed by atoms with E-state index in [0.717, 1.165) is 42.4 Å². The molecule has 1 spiro atoms. The summed E-state index contributed by atoms with van der Waals surface area (Å²) in [5.41, 5.74) is -0.770. The number of hydrogen-bond acceptors (Lipinski definition) is 3. The van der Waals surface area contributed by atoms with Gasteiger partial charge in [0.25, 0.3) is 5.91 Å². The molecule has 3 saturated carbocycles. The van der Waals surface area contributed by atoms with Gasteiger partial charge < -0.3 is 10.6 Å². The Morgan fingerprint density at radius 1 is 1.15 bits per heavy atom. The molecule has 4 aliphatic rings. The normalized spacial score (nSPS) is 33.7. The zero-order chi connectivity index (χ0) is 19.0. The van der Waals surface area contributed by atoms with Crippen molar-refractivity contribution in [1.82, 2.24) is 15.5 Å². The van der Waals surface area contributed by atoms with E-state index in [-0.39, 0.29) is 24.4 Å². The van der Waals surface area contributed by atoms with Gasteiger partial charge in [-0.1, -0.05) is 38.5 Å². The van der Waals surface area contributed by atoms with Crippen LogP contribution in [0.1, 0.15) is 77.6 Å². The van der Waals surface area contributed by atoms with Crippen LogP contribution in [0.25, 0.3) is 0 Å². The lowest BCUT2D eigenvalue weighted by atomic mass is 9.84. The molecule has 27 heavy (non-hydrogen) atoms. The second-order valence-electron chi connectivity index (χ2n) is 9.37. The van der Waals surface area contributed by atoms with E-state index in [2.05, 4.69) is 17.6 Å². The quantitative estimate of drug-likeness (QED) is 0.742. The predicted octanol–water partition coefficient (Wildman–Crippen LogP) is 2.96. The number of hydrogen-bond donors (Lipinski definition) is 2. The summed E-state index contributed by atoms with van der Waals surface area (Å²) in [5.74, 6) is 1.71. The minimum atomic E-state index is -0.770. The lowest BCUT2D eigenvalue weighted by Crippen LogP contribution is -2.49. The Morgan fingerprint density at radius 3 is 2.48 bits per heavy atom. The summed E-state index contributed by atoms with van der Waals surface area (Å²) in [7, 11) is 0. The van der Waals surface area contributed by atoms with Crippen LogP contribution < -0.4 is 10.6 Å². The standard InChI is InChI=1S/C21H33N3O3/c1-14(17-12-15-7-8-16(17)11-15)22-18(25)13-24-19(26)21(23-20(24)27)9-5-3-2-4-6-10-21/h14-17H,2-13H2,1H3,(H,22,25)(H,23,27). The van der Waals surface area contributed by atoms with E-state index < -0.39 is 11.6 Å². The highest BCUT2D eigenvalue weighted by Gasteiger charge is 2.51. The van der Waals surface area contributed by atoms with Gasteiger partial charge in [-0.3, -0.25) is 14.5 Å². The molecule has 3 aliphatic carbocycles. The smallest absolute Gasteiger partial charge is 0.325 e. The first-order valence-corrected chi connectivity index (χ1v) is 10.9. The average molecular weight is 376 g/mol. The molecule has 0 aromatic rings. The average Bonchev–Trinajstić information content (AvgIpc) is 3.29. The summed E-state index contributed by atoms with van der Waals surface area (Å²) in [6.45, 7) is 1.92. The molecule has 1 saturated heterocycles. The molecule has 6 heteroatoms. The van der Waals surface area contributed by atoms with E-state index in [0.29, 0.717) is 18.8 Å². The van der Waals surface area contributed by atoms with Crippen LogP contribution in [-0.2, 0) is 9.59 Å². The molecule has 4 rings (SSSR count). The summed E-state index contributed by atoms with van der Waals surface area (Å²) in [4.78, 5) is 39.2. The highest BCUT2D eigenvalue weighted by molar-refractivity contribution is 6.09. The first-order chi connectivity index (χ1) is 13.0. The highest BCUT2D eigenvalue weighted by Crippen LogP contribution is 2.49. The van der Waals surface area contributed by atoms with Gasteiger partial charge in [-0.2, -0.15) is 0 Å². The Labute approximate surface area is 161 Å². The van der Waals surface area contributed by atoms with Crippen molar-refractivity contribution in [2.75, 3.05) is 6.54 Å². The van der Waals surface area contributed by atoms with Gasteiger partial charge in [-0.05, 0) is 56.8 Å². The molecule has 4 atom stereocenters. The summed E-state index contributed by atoms with van der Waals surface area (Å²) < 4.78 is 0. The van der Waals surface area contributed by atoms with Crippen molar-refractivity contribution in [3.63, 3.8) is 0 Å². The summed E-state index contributed by atoms with van der Waals surface area (Å²) in [5, 5.41) is 6.01. The zero-order valence-electron chi connectivity index (χ0n) is 16.5. The van der Waals surface area contributed by atoms with Crippen LogP contribution in [0.15, 0.2) is 0 Å². The van der Waals surface area contributed by atoms with Gasteiger partial charge in [0.15, 0.2) is 0 Å². The number of nitrogens with one attached hydrogen (secondary N) is 2. The minimum absolute atomic E-state index is 0.115. The van der Waals surface area contributed by atoms with Gasteiger partial charge in [-0.15, -0.1) is 0 Å². The Kier molecular flexibility index (Phi) is 5.17. The molecule has 1 heterocycles. The predicted molar refractivity (Wildman–Crippen MR) is 102 cm³/mol. The van der Waals surface area contributed by atoms with Crippen molar-refractivity contribution in [2.24, 2.45) is 17.8 Å². The van der Waals surface area contributed by atoms with Gasteiger partial charge in [0, 0.05) is 6.04 Å². The monoisotopic (exact) mass is 375 g/mol. The molecule has 2 bridgehead atoms. The Bertz CT molecular complexity index is 612. The van der Waals surface area contributed by atoms with Crippen LogP contribution in [-0.4, -0.2) is 40.9 Å². The molecular weight excluding hydrogens is 342 g/mol. The fourth-order valence-electron chi connectivity index (χ4n) is 6.12. The molecule has 4 fully saturated rings. The molecular formula is C21H33N3O3. The van der Waals surface area contributed by atoms with E-state index >= 15 is 0 Å². The van der Waals surface area contributed by atoms with E-state index in [1.54, 1.807) is 0 Å². The van der Waals surface area contributed by atoms with Crippen molar-refractivity contribution in [1.29, 1.82) is 0 Å². The third kappa shape index (κ3) is 3.59. The first-order valence-electron chi connectivity index (χ1n) is 10.9. The van der Waals surface area contributed by atoms with E-state index in [9.17, 15) is 14.4 Å². The number of carbonyl (C=O) groups is 3. The molecule has 4 unspecified atom stereocenters. The minimum Gasteiger partial charge on any atom is -0.352 e. The van der Waals surface area contributed by atoms with Gasteiger partial charge in [0.05, 0.1) is 0 Å². The Hall–Kier alpha value is -1.59. The lowest BCUT2D eigenvalue weighted by Gasteiger charge is -2.29. The van der Waals surface area contributed by atoms with Crippen LogP contribution in [0.4, 0.5) is 4.79 Å². The van der Waals surface area contributed by atoms with Crippen molar-refractivity contribution in [2.45, 2.75) is 89.1 Å². The SMILES string of the molecule is CC(NC(=O)CN1C(=O)NC2(CCCCCCC2)C1=O)C1CC2CCC1C2. The molecule has 2 N–H and O–H groups in total. The summed E-state index contributed by atoms with van der Waals surface area (Å²) in [6, 6.07) is -0.285. The third-order valence-electron chi connectivity index (χ3n) is 7.58. The second kappa shape index (κ2) is 7.44. The van der Waals surface area contributed by atoms with E-state index in [1.807, 2.05) is 0 Å². The number of imide groups is 1. The number of nitrogens with zero attached hydrogens (tertiary/aromatic N) is 1. The Balaban J connectivity index is 1.35. The van der Waals surface area contributed by atoms with Crippen LogP contribution in [0.3, 0.4) is 0 Å². The molecule has 0 aromatic carbocycles. The molecule has 0 radical (unpaired) electrons. The summed E-state index contributed by atoms with van der Waals surface area (Å²) in [6.07, 6.45) is 11.8. The van der Waals surface area contributed by atoms with Crippen LogP contribution >= 0.6 is 0 Å². The molecule has 4 amide bonds. The maximum absolute atomic E-state index is 13.0. The number of carbonyl (C=O) groups excluding carboxylic acids is 3. The zero-order valence-corrected chi connectivity index (χ0v) is 16.5. The fraction of sp³-hybridized carbons (Fsp3) is 0.857. The topological polar surface area (TPSA) is 78.5 Å². The highest BCUT2D eigenvalue weighted by atomic mass is 16.2. The van der Waals surface area contributed by atoms with Crippen LogP contribution in [0.2, 0.25) is 0 Å². The van der Waals surface area contributed by atoms with Crippen molar-refractivity contribution >= 4 is 17.8 Å². The molecule has 6 nitrogen and oxygen atoms in total. The summed E-state index contributed by atoms with van der Waals surface area (Å²) >= 11 is 0. The van der Waals surface area contributed by atoms with Gasteiger partial charge in [-0.25, -0.2) is 4.79 Å². The van der Waals surface area contributed by atoms with E-state index in [1.165, 1.54) is 32.1 Å². The number of fused-ring (bicyclic) bond motifs is 2.